The average Bonchev–Trinajstić information content (AvgIpc) is 3.25. The molecule has 0 heterocycles. The van der Waals surface area contributed by atoms with Gasteiger partial charge >= 0.3 is 0 Å². The minimum absolute atomic E-state index is 0.162. The van der Waals surface area contributed by atoms with Gasteiger partial charge in [-0.3, -0.25) is 0 Å². The van der Waals surface area contributed by atoms with Gasteiger partial charge in [0.1, 0.15) is 17.7 Å². The maximum Gasteiger partial charge on any atom is 0.130 e. The molecular formula is C18H16BrFO. The molecule has 0 radical (unpaired) electrons. The molecule has 1 fully saturated rings. The van der Waals surface area contributed by atoms with Gasteiger partial charge in [-0.05, 0) is 67.0 Å². The Kier molecular flexibility index (Phi) is 3.26. The summed E-state index contributed by atoms with van der Waals surface area (Å²) in [4.78, 5) is 0. The summed E-state index contributed by atoms with van der Waals surface area (Å²) < 4.78 is 21.1. The van der Waals surface area contributed by atoms with Crippen molar-refractivity contribution in [1.82, 2.24) is 0 Å². The molecule has 0 aromatic heterocycles. The van der Waals surface area contributed by atoms with Gasteiger partial charge in [-0.25, -0.2) is 4.39 Å². The van der Waals surface area contributed by atoms with E-state index in [0.29, 0.717) is 0 Å². The second-order valence-electron chi connectivity index (χ2n) is 5.91. The zero-order valence-electron chi connectivity index (χ0n) is 11.6. The van der Waals surface area contributed by atoms with Gasteiger partial charge in [0.25, 0.3) is 0 Å². The zero-order valence-corrected chi connectivity index (χ0v) is 13.2. The fraction of sp³-hybridized carbons (Fsp3) is 0.333. The van der Waals surface area contributed by atoms with Crippen LogP contribution in [-0.2, 0) is 6.42 Å². The molecule has 0 saturated heterocycles. The van der Waals surface area contributed by atoms with Crippen LogP contribution in [0.3, 0.4) is 0 Å². The highest BCUT2D eigenvalue weighted by Crippen LogP contribution is 2.42. The van der Waals surface area contributed by atoms with Crippen molar-refractivity contribution in [2.45, 2.75) is 37.7 Å². The summed E-state index contributed by atoms with van der Waals surface area (Å²) in [6, 6.07) is 11.6. The fourth-order valence-corrected chi connectivity index (χ4v) is 3.69. The molecule has 0 N–H and O–H groups in total. The van der Waals surface area contributed by atoms with E-state index in [-0.39, 0.29) is 11.9 Å². The lowest BCUT2D eigenvalue weighted by Crippen LogP contribution is -2.05. The van der Waals surface area contributed by atoms with Crippen LogP contribution in [0.15, 0.2) is 40.9 Å². The van der Waals surface area contributed by atoms with E-state index < -0.39 is 0 Å². The molecule has 0 spiro atoms. The lowest BCUT2D eigenvalue weighted by molar-refractivity contribution is 0.203. The highest BCUT2D eigenvalue weighted by Gasteiger charge is 2.29. The molecule has 2 aliphatic carbocycles. The molecule has 0 bridgehead atoms. The highest BCUT2D eigenvalue weighted by atomic mass is 79.9. The van der Waals surface area contributed by atoms with E-state index in [0.717, 1.165) is 40.1 Å². The first-order valence-corrected chi connectivity index (χ1v) is 8.25. The van der Waals surface area contributed by atoms with Crippen molar-refractivity contribution >= 4 is 15.9 Å². The van der Waals surface area contributed by atoms with E-state index >= 15 is 0 Å². The Labute approximate surface area is 132 Å². The first-order chi connectivity index (χ1) is 10.2. The lowest BCUT2D eigenvalue weighted by Gasteiger charge is -2.16. The van der Waals surface area contributed by atoms with Gasteiger partial charge in [0.2, 0.25) is 0 Å². The van der Waals surface area contributed by atoms with Gasteiger partial charge in [-0.15, -0.1) is 0 Å². The third-order valence-electron chi connectivity index (χ3n) is 4.43. The number of rotatable bonds is 3. The lowest BCUT2D eigenvalue weighted by atomic mass is 10.1. The van der Waals surface area contributed by atoms with Gasteiger partial charge < -0.3 is 4.74 Å². The van der Waals surface area contributed by atoms with Crippen LogP contribution >= 0.6 is 15.9 Å². The summed E-state index contributed by atoms with van der Waals surface area (Å²) in [5.74, 6) is 1.42. The van der Waals surface area contributed by atoms with Crippen LogP contribution in [0.1, 0.15) is 48.0 Å². The van der Waals surface area contributed by atoms with E-state index in [4.69, 9.17) is 4.74 Å². The maximum absolute atomic E-state index is 14.1. The Balaban J connectivity index is 1.58. The van der Waals surface area contributed by atoms with Crippen LogP contribution in [0.4, 0.5) is 4.39 Å². The molecule has 1 unspecified atom stereocenters. The molecule has 0 aliphatic heterocycles. The molecule has 3 heteroatoms. The number of hydrogen-bond donors (Lipinski definition) is 0. The van der Waals surface area contributed by atoms with E-state index in [1.165, 1.54) is 24.5 Å². The molecule has 108 valence electrons. The normalized spacial score (nSPS) is 20.4. The van der Waals surface area contributed by atoms with Crippen LogP contribution in [0.25, 0.3) is 0 Å². The summed E-state index contributed by atoms with van der Waals surface area (Å²) in [6.07, 6.45) is 4.12. The summed E-state index contributed by atoms with van der Waals surface area (Å²) in [5, 5.41) is 0. The van der Waals surface area contributed by atoms with E-state index in [1.54, 1.807) is 6.07 Å². The van der Waals surface area contributed by atoms with Crippen LogP contribution in [0, 0.1) is 5.82 Å². The minimum Gasteiger partial charge on any atom is -0.486 e. The third-order valence-corrected chi connectivity index (χ3v) is 5.18. The molecule has 1 atom stereocenters. The summed E-state index contributed by atoms with van der Waals surface area (Å²) in [6.45, 7) is 0. The zero-order chi connectivity index (χ0) is 14.4. The van der Waals surface area contributed by atoms with Gasteiger partial charge in [-0.2, -0.15) is 0 Å². The number of ether oxygens (including phenoxy) is 1. The van der Waals surface area contributed by atoms with Crippen molar-refractivity contribution in [3.8, 4) is 5.75 Å². The Morgan fingerprint density at radius 2 is 1.76 bits per heavy atom. The molecular weight excluding hydrogens is 331 g/mol. The Hall–Kier alpha value is -1.35. The molecule has 4 rings (SSSR count). The number of halogens is 2. The number of benzene rings is 2. The van der Waals surface area contributed by atoms with Crippen molar-refractivity contribution < 1.29 is 9.13 Å². The topological polar surface area (TPSA) is 9.23 Å². The molecule has 1 nitrogen and oxygen atoms in total. The molecule has 2 aliphatic rings. The van der Waals surface area contributed by atoms with E-state index in [9.17, 15) is 4.39 Å². The standard InChI is InChI=1S/C18H16BrFO/c19-15-8-9-16(20)18-14(15)7-10-17(18)21-13-5-3-12(4-6-13)11-1-2-11/h3-6,8-9,11,17H,1-2,7,10H2. The van der Waals surface area contributed by atoms with Crippen molar-refractivity contribution in [3.05, 3.63) is 63.4 Å². The first kappa shape index (κ1) is 13.3. The first-order valence-electron chi connectivity index (χ1n) is 7.46. The Morgan fingerprint density at radius 1 is 1.00 bits per heavy atom. The third kappa shape index (κ3) is 2.48. The van der Waals surface area contributed by atoms with Gasteiger partial charge in [0, 0.05) is 10.0 Å². The number of fused-ring (bicyclic) bond motifs is 1. The largest absolute Gasteiger partial charge is 0.486 e. The smallest absolute Gasteiger partial charge is 0.130 e. The molecule has 2 aromatic rings. The van der Waals surface area contributed by atoms with Crippen LogP contribution < -0.4 is 4.74 Å². The van der Waals surface area contributed by atoms with Gasteiger partial charge in [0.05, 0.1) is 0 Å². The van der Waals surface area contributed by atoms with Crippen LogP contribution in [0.2, 0.25) is 0 Å². The quantitative estimate of drug-likeness (QED) is 0.709. The van der Waals surface area contributed by atoms with Crippen LogP contribution in [0.5, 0.6) is 5.75 Å². The van der Waals surface area contributed by atoms with Gasteiger partial charge in [-0.1, -0.05) is 28.1 Å². The SMILES string of the molecule is Fc1ccc(Br)c2c1C(Oc1ccc(C3CC3)cc1)CC2. The molecule has 0 amide bonds. The van der Waals surface area contributed by atoms with Crippen LogP contribution in [-0.4, -0.2) is 0 Å². The van der Waals surface area contributed by atoms with Crippen molar-refractivity contribution in [2.75, 3.05) is 0 Å². The van der Waals surface area contributed by atoms with Crippen molar-refractivity contribution in [1.29, 1.82) is 0 Å². The fourth-order valence-electron chi connectivity index (χ4n) is 3.15. The minimum atomic E-state index is -0.177. The Morgan fingerprint density at radius 3 is 2.48 bits per heavy atom. The Bertz CT molecular complexity index is 676. The molecule has 1 saturated carbocycles. The maximum atomic E-state index is 14.1. The molecule has 2 aromatic carbocycles. The second-order valence-corrected chi connectivity index (χ2v) is 6.76. The summed E-state index contributed by atoms with van der Waals surface area (Å²) in [7, 11) is 0. The number of hydrogen-bond acceptors (Lipinski definition) is 1. The predicted octanol–water partition coefficient (Wildman–Crippen LogP) is 5.53. The summed E-state index contributed by atoms with van der Waals surface area (Å²) in [5.41, 5.74) is 3.16. The predicted molar refractivity (Wildman–Crippen MR) is 84.2 cm³/mol. The van der Waals surface area contributed by atoms with Crippen molar-refractivity contribution in [3.63, 3.8) is 0 Å². The highest BCUT2D eigenvalue weighted by molar-refractivity contribution is 9.10. The van der Waals surface area contributed by atoms with E-state index in [2.05, 4.69) is 28.1 Å². The monoisotopic (exact) mass is 346 g/mol. The van der Waals surface area contributed by atoms with E-state index in [1.807, 2.05) is 12.1 Å². The average molecular weight is 347 g/mol. The summed E-state index contributed by atoms with van der Waals surface area (Å²) >= 11 is 3.50. The second kappa shape index (κ2) is 5.13. The van der Waals surface area contributed by atoms with Gasteiger partial charge in [0.15, 0.2) is 0 Å². The molecule has 21 heavy (non-hydrogen) atoms. The van der Waals surface area contributed by atoms with Crippen molar-refractivity contribution in [2.24, 2.45) is 0 Å².